The molecule has 9 aromatic rings. The lowest BCUT2D eigenvalue weighted by Gasteiger charge is -2.18. The number of imidazole rings is 1. The predicted molar refractivity (Wildman–Crippen MR) is 218 cm³/mol. The molecule has 0 unspecified atom stereocenters. The molecule has 0 radical (unpaired) electrons. The van der Waals surface area contributed by atoms with Gasteiger partial charge in [-0.15, -0.1) is 0 Å². The predicted octanol–water partition coefficient (Wildman–Crippen LogP) is 10.9. The van der Waals surface area contributed by atoms with Gasteiger partial charge in [0.1, 0.15) is 30.5 Å². The highest BCUT2D eigenvalue weighted by Crippen LogP contribution is 2.39. The van der Waals surface area contributed by atoms with Crippen LogP contribution < -0.4 is 9.47 Å². The van der Waals surface area contributed by atoms with Crippen LogP contribution in [0.2, 0.25) is 0 Å². The van der Waals surface area contributed by atoms with Crippen molar-refractivity contribution in [3.8, 4) is 39.7 Å². The number of hydrogen-bond donors (Lipinski definition) is 0. The van der Waals surface area contributed by atoms with E-state index >= 15 is 0 Å². The van der Waals surface area contributed by atoms with Gasteiger partial charge in [-0.05, 0) is 82.6 Å². The van der Waals surface area contributed by atoms with Gasteiger partial charge in [0, 0.05) is 44.3 Å². The molecule has 8 aromatic carbocycles. The van der Waals surface area contributed by atoms with Crippen molar-refractivity contribution >= 4 is 44.1 Å². The number of ether oxygens (including phenoxy) is 2. The van der Waals surface area contributed by atoms with Crippen LogP contribution in [-0.4, -0.2) is 34.3 Å². The second-order valence-electron chi connectivity index (χ2n) is 13.6. The average Bonchev–Trinajstić information content (AvgIpc) is 3.66. The number of nitrogens with zero attached hydrogens (tertiary/aromatic N) is 2. The standard InChI is InChI=1S/C49H32N2O4/c52-47-41-16-8-9-17-42(41)48(53)44-30-33(22-27-43(44)47)31-18-23-35(24-19-31)54-28-29-55-36-25-20-32(21-26-36)49-50-45-39-14-6-4-12-37(39)38-13-5-7-15-40(38)46(45)51(49)34-10-2-1-3-11-34/h1-27,30H,28-29H2. The first kappa shape index (κ1) is 32.3. The number of fused-ring (bicyclic) bond motifs is 8. The van der Waals surface area contributed by atoms with Crippen molar-refractivity contribution in [3.05, 3.63) is 192 Å². The van der Waals surface area contributed by atoms with Crippen molar-refractivity contribution in [1.82, 2.24) is 9.55 Å². The third kappa shape index (κ3) is 5.54. The van der Waals surface area contributed by atoms with Crippen molar-refractivity contribution in [2.45, 2.75) is 0 Å². The van der Waals surface area contributed by atoms with Gasteiger partial charge in [-0.3, -0.25) is 14.2 Å². The molecule has 0 saturated heterocycles. The Labute approximate surface area is 316 Å². The van der Waals surface area contributed by atoms with E-state index in [0.29, 0.717) is 41.2 Å². The zero-order chi connectivity index (χ0) is 36.9. The Balaban J connectivity index is 0.851. The van der Waals surface area contributed by atoms with E-state index in [1.165, 1.54) is 10.8 Å². The van der Waals surface area contributed by atoms with Crippen molar-refractivity contribution in [2.24, 2.45) is 0 Å². The summed E-state index contributed by atoms with van der Waals surface area (Å²) in [5.41, 5.74) is 7.65. The van der Waals surface area contributed by atoms with Gasteiger partial charge in [-0.1, -0.05) is 109 Å². The molecule has 0 spiro atoms. The van der Waals surface area contributed by atoms with E-state index < -0.39 is 0 Å². The minimum atomic E-state index is -0.129. The third-order valence-electron chi connectivity index (χ3n) is 10.4. The summed E-state index contributed by atoms with van der Waals surface area (Å²) in [6.07, 6.45) is 0. The molecule has 1 aliphatic rings. The van der Waals surface area contributed by atoms with Crippen molar-refractivity contribution in [2.75, 3.05) is 13.2 Å². The van der Waals surface area contributed by atoms with E-state index in [1.54, 1.807) is 30.3 Å². The fraction of sp³-hybridized carbons (Fsp3) is 0.0408. The Morgan fingerprint density at radius 1 is 0.436 bits per heavy atom. The fourth-order valence-corrected chi connectivity index (χ4v) is 7.77. The molecule has 0 bridgehead atoms. The number of hydrogen-bond acceptors (Lipinski definition) is 5. The van der Waals surface area contributed by atoms with Gasteiger partial charge in [-0.25, -0.2) is 4.98 Å². The molecular weight excluding hydrogens is 681 g/mol. The molecule has 1 aliphatic carbocycles. The highest BCUT2D eigenvalue weighted by molar-refractivity contribution is 6.28. The van der Waals surface area contributed by atoms with E-state index in [1.807, 2.05) is 54.6 Å². The summed E-state index contributed by atoms with van der Waals surface area (Å²) in [7, 11) is 0. The normalized spacial score (nSPS) is 12.2. The minimum Gasteiger partial charge on any atom is -0.490 e. The Bertz CT molecular complexity index is 2950. The van der Waals surface area contributed by atoms with Crippen LogP contribution in [0.4, 0.5) is 0 Å². The number of ketones is 2. The third-order valence-corrected chi connectivity index (χ3v) is 10.4. The maximum atomic E-state index is 13.2. The maximum Gasteiger partial charge on any atom is 0.194 e. The number of benzene rings is 8. The van der Waals surface area contributed by atoms with E-state index in [0.717, 1.165) is 55.8 Å². The molecule has 262 valence electrons. The topological polar surface area (TPSA) is 70.4 Å². The maximum absolute atomic E-state index is 13.2. The van der Waals surface area contributed by atoms with Crippen LogP contribution in [0.3, 0.4) is 0 Å². The highest BCUT2D eigenvalue weighted by atomic mass is 16.5. The van der Waals surface area contributed by atoms with Crippen LogP contribution in [0, 0.1) is 0 Å². The molecule has 55 heavy (non-hydrogen) atoms. The van der Waals surface area contributed by atoms with Gasteiger partial charge in [0.25, 0.3) is 0 Å². The summed E-state index contributed by atoms with van der Waals surface area (Å²) < 4.78 is 14.4. The lowest BCUT2D eigenvalue weighted by molar-refractivity contribution is 0.0979. The Kier molecular flexibility index (Phi) is 7.81. The summed E-state index contributed by atoms with van der Waals surface area (Å²) >= 11 is 0. The van der Waals surface area contributed by atoms with Crippen LogP contribution >= 0.6 is 0 Å². The van der Waals surface area contributed by atoms with Gasteiger partial charge in [0.15, 0.2) is 11.6 Å². The molecule has 0 saturated carbocycles. The highest BCUT2D eigenvalue weighted by Gasteiger charge is 2.29. The van der Waals surface area contributed by atoms with Gasteiger partial charge >= 0.3 is 0 Å². The van der Waals surface area contributed by atoms with Gasteiger partial charge in [-0.2, -0.15) is 0 Å². The molecule has 1 heterocycles. The molecule has 0 fully saturated rings. The van der Waals surface area contributed by atoms with Crippen LogP contribution in [-0.2, 0) is 0 Å². The first-order valence-electron chi connectivity index (χ1n) is 18.3. The molecule has 0 amide bonds. The van der Waals surface area contributed by atoms with E-state index in [-0.39, 0.29) is 11.6 Å². The molecule has 6 heteroatoms. The molecule has 0 aliphatic heterocycles. The lowest BCUT2D eigenvalue weighted by atomic mass is 9.83. The molecular formula is C49H32N2O4. The summed E-state index contributed by atoms with van der Waals surface area (Å²) in [6.45, 7) is 0.726. The second kappa shape index (κ2) is 13.3. The molecule has 0 atom stereocenters. The first-order chi connectivity index (χ1) is 27.1. The number of para-hydroxylation sites is 1. The smallest absolute Gasteiger partial charge is 0.194 e. The average molecular weight is 713 g/mol. The van der Waals surface area contributed by atoms with E-state index in [2.05, 4.69) is 89.5 Å². The zero-order valence-corrected chi connectivity index (χ0v) is 29.6. The largest absolute Gasteiger partial charge is 0.490 e. The van der Waals surface area contributed by atoms with E-state index in [4.69, 9.17) is 14.5 Å². The van der Waals surface area contributed by atoms with Crippen LogP contribution in [0.25, 0.3) is 60.8 Å². The minimum absolute atomic E-state index is 0.120. The Hall–Kier alpha value is -7.31. The van der Waals surface area contributed by atoms with Gasteiger partial charge < -0.3 is 9.47 Å². The zero-order valence-electron chi connectivity index (χ0n) is 29.6. The van der Waals surface area contributed by atoms with Crippen molar-refractivity contribution in [3.63, 3.8) is 0 Å². The summed E-state index contributed by atoms with van der Waals surface area (Å²) in [5.74, 6) is 2.06. The van der Waals surface area contributed by atoms with Crippen LogP contribution in [0.15, 0.2) is 170 Å². The van der Waals surface area contributed by atoms with Crippen molar-refractivity contribution < 1.29 is 19.1 Å². The van der Waals surface area contributed by atoms with Crippen LogP contribution in [0.1, 0.15) is 31.8 Å². The van der Waals surface area contributed by atoms with Crippen LogP contribution in [0.5, 0.6) is 11.5 Å². The lowest BCUT2D eigenvalue weighted by Crippen LogP contribution is -2.20. The Morgan fingerprint density at radius 2 is 0.927 bits per heavy atom. The SMILES string of the molecule is O=C1c2ccccc2C(=O)c2cc(-c3ccc(OCCOc4ccc(-c5nc6c7ccccc7c7ccccc7c6n5-c5ccccc5)cc4)cc3)ccc21. The number of rotatable bonds is 8. The van der Waals surface area contributed by atoms with Gasteiger partial charge in [0.2, 0.25) is 0 Å². The fourth-order valence-electron chi connectivity index (χ4n) is 7.77. The molecule has 1 aromatic heterocycles. The monoisotopic (exact) mass is 712 g/mol. The Morgan fingerprint density at radius 3 is 1.58 bits per heavy atom. The van der Waals surface area contributed by atoms with E-state index in [9.17, 15) is 9.59 Å². The second-order valence-corrected chi connectivity index (χ2v) is 13.6. The summed E-state index contributed by atoms with van der Waals surface area (Å²) in [5, 5.41) is 4.68. The summed E-state index contributed by atoms with van der Waals surface area (Å²) in [6, 6.07) is 55.6. The quantitative estimate of drug-likeness (QED) is 0.116. The first-order valence-corrected chi connectivity index (χ1v) is 18.3. The number of carbonyl (C=O) groups excluding carboxylic acids is 2. The number of carbonyl (C=O) groups is 2. The number of aromatic nitrogens is 2. The molecule has 6 nitrogen and oxygen atoms in total. The molecule has 10 rings (SSSR count). The molecule has 0 N–H and O–H groups in total. The van der Waals surface area contributed by atoms with Crippen molar-refractivity contribution in [1.29, 1.82) is 0 Å². The van der Waals surface area contributed by atoms with Gasteiger partial charge in [0.05, 0.1) is 11.0 Å². The summed E-state index contributed by atoms with van der Waals surface area (Å²) in [4.78, 5) is 31.5.